The molecule has 0 aromatic rings. The van der Waals surface area contributed by atoms with Crippen LogP contribution in [0.25, 0.3) is 0 Å². The van der Waals surface area contributed by atoms with Crippen LogP contribution in [0.1, 0.15) is 26.7 Å². The Morgan fingerprint density at radius 3 is 2.39 bits per heavy atom. The van der Waals surface area contributed by atoms with Crippen molar-refractivity contribution < 1.29 is 23.1 Å². The topological polar surface area (TPSA) is 55.4 Å². The number of amides is 1. The van der Waals surface area contributed by atoms with Gasteiger partial charge < -0.3 is 10.1 Å². The molecule has 6 heteroatoms. The van der Waals surface area contributed by atoms with E-state index in [2.05, 4.69) is 5.32 Å². The maximum atomic E-state index is 13.1. The molecule has 1 N–H and O–H groups in total. The van der Waals surface area contributed by atoms with Gasteiger partial charge in [-0.15, -0.1) is 0 Å². The summed E-state index contributed by atoms with van der Waals surface area (Å²) in [6, 6.07) is -0.786. The molecule has 0 spiro atoms. The summed E-state index contributed by atoms with van der Waals surface area (Å²) >= 11 is 0. The molecule has 4 nitrogen and oxygen atoms in total. The van der Waals surface area contributed by atoms with E-state index in [1.54, 1.807) is 6.92 Å². The molecule has 0 aromatic heterocycles. The summed E-state index contributed by atoms with van der Waals surface area (Å²) in [5.41, 5.74) is 0. The molecule has 0 saturated heterocycles. The average Bonchev–Trinajstić information content (AvgIpc) is 2.67. The third kappa shape index (κ3) is 2.20. The number of nitrogens with one attached hydrogen (secondary N) is 1. The second-order valence-electron chi connectivity index (χ2n) is 5.05. The third-order valence-corrected chi connectivity index (χ3v) is 3.85. The fraction of sp³-hybridized carbons (Fsp3) is 0.833. The Hall–Kier alpha value is -1.20. The highest BCUT2D eigenvalue weighted by Crippen LogP contribution is 2.66. The maximum absolute atomic E-state index is 13.1. The van der Waals surface area contributed by atoms with Crippen LogP contribution in [-0.2, 0) is 14.3 Å². The number of carbonyl (C=O) groups excluding carboxylic acids is 2. The minimum absolute atomic E-state index is 0.213. The molecular formula is C12H17F2NO3. The van der Waals surface area contributed by atoms with Crippen LogP contribution in [0.15, 0.2) is 0 Å². The fourth-order valence-electron chi connectivity index (χ4n) is 2.94. The maximum Gasteiger partial charge on any atom is 0.328 e. The number of hydrogen-bond acceptors (Lipinski definition) is 3. The molecule has 2 rings (SSSR count). The first-order chi connectivity index (χ1) is 8.37. The smallest absolute Gasteiger partial charge is 0.328 e. The van der Waals surface area contributed by atoms with Crippen LogP contribution in [0.3, 0.4) is 0 Å². The van der Waals surface area contributed by atoms with Crippen LogP contribution in [0, 0.1) is 17.8 Å². The summed E-state index contributed by atoms with van der Waals surface area (Å²) in [5.74, 6) is -4.90. The van der Waals surface area contributed by atoms with Gasteiger partial charge in [0.2, 0.25) is 5.91 Å². The first-order valence-electron chi connectivity index (χ1n) is 6.19. The van der Waals surface area contributed by atoms with Gasteiger partial charge >= 0.3 is 5.97 Å². The zero-order chi connectivity index (χ0) is 13.5. The van der Waals surface area contributed by atoms with Crippen LogP contribution in [-0.4, -0.2) is 30.4 Å². The minimum Gasteiger partial charge on any atom is -0.464 e. The molecule has 3 atom stereocenters. The van der Waals surface area contributed by atoms with E-state index in [1.165, 1.54) is 6.92 Å². The second-order valence-corrected chi connectivity index (χ2v) is 5.05. The fourth-order valence-corrected chi connectivity index (χ4v) is 2.94. The average molecular weight is 261 g/mol. The molecule has 2 saturated carbocycles. The summed E-state index contributed by atoms with van der Waals surface area (Å²) in [5, 5.41) is 2.52. The normalized spacial score (nSPS) is 33.4. The number of hydrogen-bond donors (Lipinski definition) is 1. The lowest BCUT2D eigenvalue weighted by Crippen LogP contribution is -2.46. The first-order valence-corrected chi connectivity index (χ1v) is 6.19. The summed E-state index contributed by atoms with van der Waals surface area (Å²) in [6.45, 7) is 3.18. The van der Waals surface area contributed by atoms with Gasteiger partial charge in [-0.3, -0.25) is 4.79 Å². The number of esters is 1. The Morgan fingerprint density at radius 2 is 1.94 bits per heavy atom. The number of rotatable bonds is 4. The van der Waals surface area contributed by atoms with Gasteiger partial charge in [0.1, 0.15) is 6.04 Å². The molecule has 2 fully saturated rings. The van der Waals surface area contributed by atoms with Crippen molar-refractivity contribution in [2.75, 3.05) is 6.61 Å². The van der Waals surface area contributed by atoms with Crippen LogP contribution < -0.4 is 5.32 Å². The van der Waals surface area contributed by atoms with Crippen LogP contribution in [0.2, 0.25) is 0 Å². The second kappa shape index (κ2) is 4.48. The Morgan fingerprint density at radius 1 is 1.39 bits per heavy atom. The molecule has 102 valence electrons. The molecule has 2 aliphatic carbocycles. The Labute approximate surface area is 104 Å². The van der Waals surface area contributed by atoms with Gasteiger partial charge in [-0.1, -0.05) is 0 Å². The zero-order valence-electron chi connectivity index (χ0n) is 10.4. The number of alkyl halides is 2. The third-order valence-electron chi connectivity index (χ3n) is 3.85. The molecule has 0 aromatic carbocycles. The highest BCUT2D eigenvalue weighted by Gasteiger charge is 2.72. The molecule has 0 heterocycles. The largest absolute Gasteiger partial charge is 0.464 e. The van der Waals surface area contributed by atoms with E-state index < -0.39 is 29.8 Å². The van der Waals surface area contributed by atoms with E-state index >= 15 is 0 Å². The van der Waals surface area contributed by atoms with Gasteiger partial charge in [-0.05, 0) is 25.7 Å². The van der Waals surface area contributed by atoms with Crippen molar-refractivity contribution in [2.45, 2.75) is 38.7 Å². The van der Waals surface area contributed by atoms with E-state index in [9.17, 15) is 18.4 Å². The number of fused-ring (bicyclic) bond motifs is 1. The summed E-state index contributed by atoms with van der Waals surface area (Å²) in [6.07, 6.45) is 0.558. The molecule has 0 bridgehead atoms. The first kappa shape index (κ1) is 13.2. The predicted molar refractivity (Wildman–Crippen MR) is 58.9 cm³/mol. The molecule has 3 unspecified atom stereocenters. The molecule has 2 aliphatic rings. The monoisotopic (exact) mass is 261 g/mol. The molecule has 0 aliphatic heterocycles. The SMILES string of the molecule is CCOC(=O)C(NC(C)=O)C1CC2C(C1)C2(F)F. The van der Waals surface area contributed by atoms with Gasteiger partial charge in [0.05, 0.1) is 6.61 Å². The van der Waals surface area contributed by atoms with Crippen molar-refractivity contribution in [2.24, 2.45) is 17.8 Å². The van der Waals surface area contributed by atoms with Gasteiger partial charge in [0, 0.05) is 18.8 Å². The number of halogens is 2. The lowest BCUT2D eigenvalue weighted by Gasteiger charge is -2.24. The molecule has 18 heavy (non-hydrogen) atoms. The van der Waals surface area contributed by atoms with Crippen molar-refractivity contribution in [1.29, 1.82) is 0 Å². The van der Waals surface area contributed by atoms with E-state index in [0.717, 1.165) is 0 Å². The molecule has 0 radical (unpaired) electrons. The molecular weight excluding hydrogens is 244 g/mol. The Bertz CT molecular complexity index is 358. The van der Waals surface area contributed by atoms with Crippen molar-refractivity contribution in [1.82, 2.24) is 5.32 Å². The van der Waals surface area contributed by atoms with Gasteiger partial charge in [0.15, 0.2) is 0 Å². The van der Waals surface area contributed by atoms with Gasteiger partial charge in [0.25, 0.3) is 5.92 Å². The standard InChI is InChI=1S/C12H17F2NO3/c1-3-18-11(17)10(15-6(2)16)7-4-8-9(5-7)12(8,13)14/h7-10H,3-5H2,1-2H3,(H,15,16). The van der Waals surface area contributed by atoms with Crippen molar-refractivity contribution in [3.05, 3.63) is 0 Å². The minimum atomic E-state index is -2.56. The highest BCUT2D eigenvalue weighted by atomic mass is 19.3. The van der Waals surface area contributed by atoms with Gasteiger partial charge in [-0.2, -0.15) is 0 Å². The van der Waals surface area contributed by atoms with Crippen LogP contribution in [0.5, 0.6) is 0 Å². The molecule has 1 amide bonds. The van der Waals surface area contributed by atoms with E-state index in [0.29, 0.717) is 0 Å². The summed E-state index contributed by atoms with van der Waals surface area (Å²) < 4.78 is 31.1. The summed E-state index contributed by atoms with van der Waals surface area (Å²) in [7, 11) is 0. The zero-order valence-corrected chi connectivity index (χ0v) is 10.4. The van der Waals surface area contributed by atoms with Crippen LogP contribution >= 0.6 is 0 Å². The Kier molecular flexibility index (Phi) is 3.29. The summed E-state index contributed by atoms with van der Waals surface area (Å²) in [4.78, 5) is 22.8. The lowest BCUT2D eigenvalue weighted by molar-refractivity contribution is -0.149. The van der Waals surface area contributed by atoms with E-state index in [-0.39, 0.29) is 31.3 Å². The number of ether oxygens (including phenoxy) is 1. The van der Waals surface area contributed by atoms with Crippen molar-refractivity contribution in [3.8, 4) is 0 Å². The van der Waals surface area contributed by atoms with E-state index in [1.807, 2.05) is 0 Å². The van der Waals surface area contributed by atoms with Crippen molar-refractivity contribution in [3.63, 3.8) is 0 Å². The highest BCUT2D eigenvalue weighted by molar-refractivity contribution is 5.83. The quantitative estimate of drug-likeness (QED) is 0.777. The van der Waals surface area contributed by atoms with E-state index in [4.69, 9.17) is 4.74 Å². The van der Waals surface area contributed by atoms with Crippen molar-refractivity contribution >= 4 is 11.9 Å². The number of carbonyl (C=O) groups is 2. The Balaban J connectivity index is 1.98. The lowest BCUT2D eigenvalue weighted by atomic mass is 9.93. The van der Waals surface area contributed by atoms with Gasteiger partial charge in [-0.25, -0.2) is 13.6 Å². The van der Waals surface area contributed by atoms with Crippen LogP contribution in [0.4, 0.5) is 8.78 Å². The predicted octanol–water partition coefficient (Wildman–Crippen LogP) is 1.35.